The molecular weight excluding hydrogens is 338 g/mol. The zero-order valence-corrected chi connectivity index (χ0v) is 18.2. The largest absolute Gasteiger partial charge is 0.256 e. The second-order valence-corrected chi connectivity index (χ2v) is 9.89. The van der Waals surface area contributed by atoms with Gasteiger partial charge in [-0.15, -0.1) is 0 Å². The number of benzene rings is 2. The first-order chi connectivity index (χ1) is 13.1. The molecule has 3 aromatic rings. The maximum absolute atomic E-state index is 4.83. The summed E-state index contributed by atoms with van der Waals surface area (Å²) in [7, 11) is 0. The summed E-state index contributed by atoms with van der Waals surface area (Å²) in [6.45, 7) is 16.5. The number of hydrogen-bond acceptors (Lipinski definition) is 1. The highest BCUT2D eigenvalue weighted by Crippen LogP contribution is 2.61. The topological polar surface area (TPSA) is 12.9 Å². The summed E-state index contributed by atoms with van der Waals surface area (Å²) in [4.78, 5) is 4.83. The van der Waals surface area contributed by atoms with Crippen molar-refractivity contribution in [1.29, 1.82) is 0 Å². The lowest BCUT2D eigenvalue weighted by Gasteiger charge is -2.44. The number of rotatable bonds is 2. The van der Waals surface area contributed by atoms with Crippen molar-refractivity contribution in [1.82, 2.24) is 4.98 Å². The van der Waals surface area contributed by atoms with E-state index in [0.29, 0.717) is 0 Å². The molecule has 0 radical (unpaired) electrons. The summed E-state index contributed by atoms with van der Waals surface area (Å²) in [6.07, 6.45) is 2.02. The van der Waals surface area contributed by atoms with Crippen molar-refractivity contribution >= 4 is 0 Å². The molecular formula is C27H31N. The Morgan fingerprint density at radius 1 is 0.679 bits per heavy atom. The quantitative estimate of drug-likeness (QED) is 0.461. The highest BCUT2D eigenvalue weighted by Gasteiger charge is 2.56. The number of fused-ring (bicyclic) bond motifs is 1. The van der Waals surface area contributed by atoms with Crippen molar-refractivity contribution in [2.45, 2.75) is 59.3 Å². The molecule has 0 saturated carbocycles. The van der Waals surface area contributed by atoms with E-state index >= 15 is 0 Å². The lowest BCUT2D eigenvalue weighted by Crippen LogP contribution is -2.42. The Morgan fingerprint density at radius 3 is 1.96 bits per heavy atom. The summed E-state index contributed by atoms with van der Waals surface area (Å²) < 4.78 is 0. The lowest BCUT2D eigenvalue weighted by atomic mass is 9.59. The fraction of sp³-hybridized carbons (Fsp3) is 0.370. The van der Waals surface area contributed by atoms with Crippen molar-refractivity contribution in [2.24, 2.45) is 5.41 Å². The van der Waals surface area contributed by atoms with Gasteiger partial charge in [-0.25, -0.2) is 0 Å². The van der Waals surface area contributed by atoms with E-state index in [1.54, 1.807) is 0 Å². The van der Waals surface area contributed by atoms with Gasteiger partial charge >= 0.3 is 0 Å². The third-order valence-electron chi connectivity index (χ3n) is 7.98. The number of pyridine rings is 1. The van der Waals surface area contributed by atoms with Gasteiger partial charge < -0.3 is 0 Å². The van der Waals surface area contributed by atoms with Crippen LogP contribution in [0.1, 0.15) is 58.2 Å². The summed E-state index contributed by atoms with van der Waals surface area (Å²) in [6, 6.07) is 19.7. The van der Waals surface area contributed by atoms with E-state index in [-0.39, 0.29) is 16.2 Å². The van der Waals surface area contributed by atoms with Gasteiger partial charge in [0.05, 0.1) is 5.69 Å². The smallest absolute Gasteiger partial charge is 0.0705 e. The Bertz CT molecular complexity index is 1040. The van der Waals surface area contributed by atoms with Crippen LogP contribution in [0.4, 0.5) is 0 Å². The summed E-state index contributed by atoms with van der Waals surface area (Å²) in [5.41, 5.74) is 9.33. The molecule has 4 rings (SSSR count). The van der Waals surface area contributed by atoms with Gasteiger partial charge in [0.1, 0.15) is 0 Å². The number of nitrogens with zero attached hydrogens (tertiary/aromatic N) is 1. The Morgan fingerprint density at radius 2 is 1.32 bits per heavy atom. The first-order valence-corrected chi connectivity index (χ1v) is 10.2. The van der Waals surface area contributed by atoms with Crippen LogP contribution < -0.4 is 0 Å². The highest BCUT2D eigenvalue weighted by atomic mass is 14.7. The molecule has 0 fully saturated rings. The third kappa shape index (κ3) is 2.49. The predicted octanol–water partition coefficient (Wildman–Crippen LogP) is 7.32. The maximum Gasteiger partial charge on any atom is 0.0705 e. The van der Waals surface area contributed by atoms with Crippen LogP contribution in [0.2, 0.25) is 0 Å². The fourth-order valence-corrected chi connectivity index (χ4v) is 4.85. The zero-order valence-electron chi connectivity index (χ0n) is 18.2. The van der Waals surface area contributed by atoms with Gasteiger partial charge in [0.15, 0.2) is 0 Å². The van der Waals surface area contributed by atoms with E-state index in [9.17, 15) is 0 Å². The molecule has 0 aliphatic heterocycles. The van der Waals surface area contributed by atoms with E-state index in [0.717, 1.165) is 5.69 Å². The molecule has 1 heterocycles. The van der Waals surface area contributed by atoms with Crippen LogP contribution in [0.3, 0.4) is 0 Å². The third-order valence-corrected chi connectivity index (χ3v) is 7.98. The molecule has 1 aromatic heterocycles. The van der Waals surface area contributed by atoms with E-state index in [4.69, 9.17) is 4.98 Å². The van der Waals surface area contributed by atoms with Crippen LogP contribution in [0, 0.1) is 12.3 Å². The molecule has 2 aromatic carbocycles. The monoisotopic (exact) mass is 369 g/mol. The standard InChI is InChI=1S/C27H31N/c1-18-15-24(28-17-21(18)19-11-9-8-10-12-19)20-13-14-22-23(16-20)26(4,5)27(6,7)25(22,2)3/h8-17H,1-7H3. The molecule has 1 aliphatic rings. The molecule has 0 amide bonds. The molecule has 1 heteroatoms. The Hall–Kier alpha value is -2.41. The lowest BCUT2D eigenvalue weighted by molar-refractivity contribution is 0.125. The Labute approximate surface area is 169 Å². The summed E-state index contributed by atoms with van der Waals surface area (Å²) in [5.74, 6) is 0. The number of aromatic nitrogens is 1. The van der Waals surface area contributed by atoms with Crippen molar-refractivity contribution in [3.63, 3.8) is 0 Å². The van der Waals surface area contributed by atoms with Crippen LogP contribution in [0.5, 0.6) is 0 Å². The minimum absolute atomic E-state index is 0.112. The minimum atomic E-state index is 0.112. The average molecular weight is 370 g/mol. The molecule has 144 valence electrons. The SMILES string of the molecule is Cc1cc(-c2ccc3c(c2)C(C)(C)C(C)(C)C3(C)C)ncc1-c1ccccc1. The summed E-state index contributed by atoms with van der Waals surface area (Å²) >= 11 is 0. The van der Waals surface area contributed by atoms with Crippen LogP contribution in [0.25, 0.3) is 22.4 Å². The predicted molar refractivity (Wildman–Crippen MR) is 120 cm³/mol. The first-order valence-electron chi connectivity index (χ1n) is 10.2. The molecule has 0 bridgehead atoms. The summed E-state index contributed by atoms with van der Waals surface area (Å²) in [5, 5.41) is 0. The second kappa shape index (κ2) is 6.04. The Kier molecular flexibility index (Phi) is 4.08. The highest BCUT2D eigenvalue weighted by molar-refractivity contribution is 5.71. The molecule has 0 atom stereocenters. The minimum Gasteiger partial charge on any atom is -0.256 e. The van der Waals surface area contributed by atoms with Crippen molar-refractivity contribution in [3.05, 3.63) is 77.5 Å². The van der Waals surface area contributed by atoms with Gasteiger partial charge in [-0.3, -0.25) is 4.98 Å². The van der Waals surface area contributed by atoms with Gasteiger partial charge in [0.2, 0.25) is 0 Å². The van der Waals surface area contributed by atoms with Gasteiger partial charge in [0, 0.05) is 17.3 Å². The zero-order chi connectivity index (χ0) is 20.3. The molecule has 0 saturated heterocycles. The molecule has 0 N–H and O–H groups in total. The van der Waals surface area contributed by atoms with E-state index < -0.39 is 0 Å². The first kappa shape index (κ1) is 18.9. The van der Waals surface area contributed by atoms with Crippen LogP contribution in [-0.4, -0.2) is 4.98 Å². The van der Waals surface area contributed by atoms with Gasteiger partial charge in [-0.05, 0) is 57.6 Å². The van der Waals surface area contributed by atoms with E-state index in [1.165, 1.54) is 33.4 Å². The van der Waals surface area contributed by atoms with Crippen molar-refractivity contribution in [3.8, 4) is 22.4 Å². The van der Waals surface area contributed by atoms with Gasteiger partial charge in [-0.1, -0.05) is 84.0 Å². The number of hydrogen-bond donors (Lipinski definition) is 0. The average Bonchev–Trinajstić information content (AvgIpc) is 2.77. The fourth-order valence-electron chi connectivity index (χ4n) is 4.85. The van der Waals surface area contributed by atoms with Crippen molar-refractivity contribution < 1.29 is 0 Å². The van der Waals surface area contributed by atoms with Crippen LogP contribution in [0.15, 0.2) is 60.8 Å². The molecule has 0 unspecified atom stereocenters. The van der Waals surface area contributed by atoms with E-state index in [1.807, 2.05) is 6.20 Å². The van der Waals surface area contributed by atoms with Gasteiger partial charge in [-0.2, -0.15) is 0 Å². The van der Waals surface area contributed by atoms with Gasteiger partial charge in [0.25, 0.3) is 0 Å². The van der Waals surface area contributed by atoms with E-state index in [2.05, 4.69) is 103 Å². The second-order valence-electron chi connectivity index (χ2n) is 9.89. The van der Waals surface area contributed by atoms with Crippen LogP contribution in [-0.2, 0) is 10.8 Å². The Balaban J connectivity index is 1.80. The normalized spacial score (nSPS) is 18.7. The number of aryl methyl sites for hydroxylation is 1. The molecule has 28 heavy (non-hydrogen) atoms. The molecule has 1 aliphatic carbocycles. The maximum atomic E-state index is 4.83. The molecule has 0 spiro atoms. The van der Waals surface area contributed by atoms with Crippen LogP contribution >= 0.6 is 0 Å². The molecule has 1 nitrogen and oxygen atoms in total. The van der Waals surface area contributed by atoms with Crippen molar-refractivity contribution in [2.75, 3.05) is 0 Å².